The van der Waals surface area contributed by atoms with Gasteiger partial charge in [0.1, 0.15) is 11.6 Å². The molecule has 168 valence electrons. The summed E-state index contributed by atoms with van der Waals surface area (Å²) in [6, 6.07) is 9.66. The topological polar surface area (TPSA) is 29.1 Å². The highest BCUT2D eigenvalue weighted by molar-refractivity contribution is 6.31. The summed E-state index contributed by atoms with van der Waals surface area (Å²) in [5, 5.41) is 1.23. The summed E-state index contributed by atoms with van der Waals surface area (Å²) >= 11 is 5.90. The Morgan fingerprint density at radius 2 is 1.47 bits per heavy atom. The predicted molar refractivity (Wildman–Crippen MR) is 104 cm³/mol. The molecule has 0 aromatic heterocycles. The molecule has 0 spiro atoms. The molecular formula is C22H13ClF7NO. The van der Waals surface area contributed by atoms with Gasteiger partial charge in [0, 0.05) is 5.56 Å². The lowest BCUT2D eigenvalue weighted by Crippen LogP contribution is -2.36. The van der Waals surface area contributed by atoms with E-state index >= 15 is 0 Å². The van der Waals surface area contributed by atoms with Crippen molar-refractivity contribution >= 4 is 17.5 Å². The highest BCUT2D eigenvalue weighted by Gasteiger charge is 2.37. The Kier molecular flexibility index (Phi) is 6.50. The molecule has 1 N–H and O–H groups in total. The summed E-state index contributed by atoms with van der Waals surface area (Å²) in [5.41, 5.74) is -3.40. The fraction of sp³-hybridized carbons (Fsp3) is 0.136. The third-order valence-electron chi connectivity index (χ3n) is 4.56. The molecule has 0 radical (unpaired) electrons. The largest absolute Gasteiger partial charge is 0.417 e. The molecule has 1 amide bonds. The summed E-state index contributed by atoms with van der Waals surface area (Å²) in [6.07, 6.45) is -4.85. The fourth-order valence-corrected chi connectivity index (χ4v) is 3.37. The molecule has 0 aliphatic rings. The average molecular weight is 476 g/mol. The molecule has 0 saturated heterocycles. The van der Waals surface area contributed by atoms with E-state index in [1.54, 1.807) is 5.32 Å². The van der Waals surface area contributed by atoms with Crippen molar-refractivity contribution < 1.29 is 35.5 Å². The van der Waals surface area contributed by atoms with E-state index in [1.807, 2.05) is 0 Å². The summed E-state index contributed by atoms with van der Waals surface area (Å²) in [4.78, 5) is 12.1. The first kappa shape index (κ1) is 23.6. The smallest absolute Gasteiger partial charge is 0.346 e. The third-order valence-corrected chi connectivity index (χ3v) is 4.88. The number of benzene rings is 3. The molecule has 10 heteroatoms. The van der Waals surface area contributed by atoms with Gasteiger partial charge in [0.05, 0.1) is 28.3 Å². The van der Waals surface area contributed by atoms with Crippen LogP contribution in [-0.2, 0) is 12.1 Å². The van der Waals surface area contributed by atoms with Crippen LogP contribution in [0.2, 0.25) is 5.02 Å². The first-order valence-electron chi connectivity index (χ1n) is 8.98. The number of rotatable bonds is 5. The minimum absolute atomic E-state index is 0.0895. The van der Waals surface area contributed by atoms with Crippen LogP contribution >= 0.6 is 11.6 Å². The fourth-order valence-electron chi connectivity index (χ4n) is 3.05. The van der Waals surface area contributed by atoms with Crippen LogP contribution < -0.4 is 5.32 Å². The Balaban J connectivity index is 1.83. The molecule has 0 saturated carbocycles. The predicted octanol–water partition coefficient (Wildman–Crippen LogP) is 6.83. The number of carbonyl (C=O) groups is 1. The molecular weight excluding hydrogens is 463 g/mol. The van der Waals surface area contributed by atoms with Crippen molar-refractivity contribution in [3.05, 3.63) is 94.0 Å². The van der Waals surface area contributed by atoms with Crippen molar-refractivity contribution in [1.29, 1.82) is 0 Å². The molecule has 0 aliphatic heterocycles. The highest BCUT2D eigenvalue weighted by atomic mass is 35.5. The van der Waals surface area contributed by atoms with Crippen LogP contribution in [-0.4, -0.2) is 12.5 Å². The van der Waals surface area contributed by atoms with E-state index < -0.39 is 63.5 Å². The van der Waals surface area contributed by atoms with E-state index in [9.17, 15) is 35.5 Å². The summed E-state index contributed by atoms with van der Waals surface area (Å²) in [5.74, 6) is -6.97. The van der Waals surface area contributed by atoms with Crippen LogP contribution in [0.5, 0.6) is 0 Å². The van der Waals surface area contributed by atoms with Crippen molar-refractivity contribution in [2.24, 2.45) is 0 Å². The number of nitrogens with one attached hydrogen (secondary N) is 1. The van der Waals surface area contributed by atoms with Crippen LogP contribution in [0.1, 0.15) is 21.5 Å². The number of hydrogen-bond acceptors (Lipinski definition) is 1. The van der Waals surface area contributed by atoms with Gasteiger partial charge in [-0.05, 0) is 35.9 Å². The number of amides is 1. The van der Waals surface area contributed by atoms with Crippen molar-refractivity contribution in [1.82, 2.24) is 5.32 Å². The lowest BCUT2D eigenvalue weighted by atomic mass is 10.00. The van der Waals surface area contributed by atoms with Crippen LogP contribution in [0.3, 0.4) is 0 Å². The Bertz CT molecular complexity index is 1140. The van der Waals surface area contributed by atoms with Gasteiger partial charge in [-0.25, -0.2) is 8.78 Å². The number of hydrogen-bond donors (Lipinski definition) is 1. The maximum Gasteiger partial charge on any atom is 0.417 e. The van der Waals surface area contributed by atoms with Crippen LogP contribution in [0.25, 0.3) is 11.1 Å². The summed E-state index contributed by atoms with van der Waals surface area (Å²) < 4.78 is 96.3. The van der Waals surface area contributed by atoms with Crippen molar-refractivity contribution in [3.63, 3.8) is 0 Å². The van der Waals surface area contributed by atoms with Gasteiger partial charge in [-0.3, -0.25) is 4.79 Å². The van der Waals surface area contributed by atoms with Crippen LogP contribution in [0.15, 0.2) is 60.7 Å². The number of halogens is 8. The van der Waals surface area contributed by atoms with Crippen LogP contribution in [0, 0.1) is 11.6 Å². The maximum atomic E-state index is 14.7. The molecule has 0 heterocycles. The molecule has 32 heavy (non-hydrogen) atoms. The minimum atomic E-state index is -4.85. The minimum Gasteiger partial charge on any atom is -0.346 e. The Morgan fingerprint density at radius 3 is 2.06 bits per heavy atom. The highest BCUT2D eigenvalue weighted by Crippen LogP contribution is 2.37. The van der Waals surface area contributed by atoms with Crippen molar-refractivity contribution in [2.75, 3.05) is 6.54 Å². The maximum absolute atomic E-state index is 14.7. The number of carbonyl (C=O) groups excluding carboxylic acids is 1. The molecule has 0 bridgehead atoms. The van der Waals surface area contributed by atoms with E-state index in [1.165, 1.54) is 6.07 Å². The second-order valence-corrected chi connectivity index (χ2v) is 7.13. The molecule has 3 aromatic carbocycles. The Morgan fingerprint density at radius 1 is 0.844 bits per heavy atom. The van der Waals surface area contributed by atoms with Crippen molar-refractivity contribution in [3.8, 4) is 11.1 Å². The second kappa shape index (κ2) is 8.82. The van der Waals surface area contributed by atoms with Gasteiger partial charge < -0.3 is 5.32 Å². The standard InChI is InChI=1S/C22H13ClF7NO/c23-16-10-12(19-17(24)6-3-7-18(19)25)8-9-15(16)21(26,27)11-31-20(32)13-4-1-2-5-14(13)22(28,29)30/h1-10H,11H2,(H,31,32). The van der Waals surface area contributed by atoms with Gasteiger partial charge in [0.25, 0.3) is 11.8 Å². The number of alkyl halides is 5. The molecule has 3 aromatic rings. The molecule has 0 aliphatic carbocycles. The summed E-state index contributed by atoms with van der Waals surface area (Å²) in [6.45, 7) is -1.36. The molecule has 0 atom stereocenters. The zero-order valence-electron chi connectivity index (χ0n) is 15.9. The zero-order valence-corrected chi connectivity index (χ0v) is 16.7. The normalized spacial score (nSPS) is 12.0. The zero-order chi connectivity index (χ0) is 23.7. The van der Waals surface area contributed by atoms with Gasteiger partial charge in [-0.1, -0.05) is 41.9 Å². The quantitative estimate of drug-likeness (QED) is 0.403. The Labute approximate surface area is 182 Å². The lowest BCUT2D eigenvalue weighted by molar-refractivity contribution is -0.137. The molecule has 2 nitrogen and oxygen atoms in total. The van der Waals surface area contributed by atoms with E-state index in [0.717, 1.165) is 48.5 Å². The first-order valence-corrected chi connectivity index (χ1v) is 9.36. The third kappa shape index (κ3) is 4.88. The van der Waals surface area contributed by atoms with Gasteiger partial charge >= 0.3 is 6.18 Å². The SMILES string of the molecule is O=C(NCC(F)(F)c1ccc(-c2c(F)cccc2F)cc1Cl)c1ccccc1C(F)(F)F. The Hall–Kier alpha value is -3.07. The molecule has 0 unspecified atom stereocenters. The second-order valence-electron chi connectivity index (χ2n) is 6.72. The molecule has 3 rings (SSSR count). The van der Waals surface area contributed by atoms with Gasteiger partial charge in [0.15, 0.2) is 0 Å². The monoisotopic (exact) mass is 475 g/mol. The van der Waals surface area contributed by atoms with E-state index in [2.05, 4.69) is 0 Å². The van der Waals surface area contributed by atoms with Gasteiger partial charge in [-0.15, -0.1) is 0 Å². The van der Waals surface area contributed by atoms with E-state index in [4.69, 9.17) is 11.6 Å². The average Bonchev–Trinajstić information content (AvgIpc) is 2.71. The van der Waals surface area contributed by atoms with Crippen LogP contribution in [0.4, 0.5) is 30.7 Å². The molecule has 0 fully saturated rings. The van der Waals surface area contributed by atoms with Gasteiger partial charge in [0.2, 0.25) is 0 Å². The first-order chi connectivity index (χ1) is 14.9. The van der Waals surface area contributed by atoms with E-state index in [-0.39, 0.29) is 5.56 Å². The van der Waals surface area contributed by atoms with Gasteiger partial charge in [-0.2, -0.15) is 22.0 Å². The summed E-state index contributed by atoms with van der Waals surface area (Å²) in [7, 11) is 0. The lowest BCUT2D eigenvalue weighted by Gasteiger charge is -2.20. The van der Waals surface area contributed by atoms with E-state index in [0.29, 0.717) is 6.07 Å². The van der Waals surface area contributed by atoms with Crippen molar-refractivity contribution in [2.45, 2.75) is 12.1 Å².